The number of rotatable bonds is 4. The van der Waals surface area contributed by atoms with Crippen molar-refractivity contribution in [1.82, 2.24) is 9.80 Å². The summed E-state index contributed by atoms with van der Waals surface area (Å²) in [6, 6.07) is 7.99. The third kappa shape index (κ3) is 3.80. The number of carbonyl (C=O) groups is 2. The Kier molecular flexibility index (Phi) is 5.54. The van der Waals surface area contributed by atoms with Gasteiger partial charge >= 0.3 is 0 Å². The number of carbonyl (C=O) groups excluding carboxylic acids is 2. The minimum Gasteiger partial charge on any atom is -0.341 e. The van der Waals surface area contributed by atoms with Crippen LogP contribution >= 0.6 is 0 Å². The Bertz CT molecular complexity index is 578. The zero-order valence-electron chi connectivity index (χ0n) is 14.7. The Labute approximate surface area is 144 Å². The fourth-order valence-electron chi connectivity index (χ4n) is 3.54. The lowest BCUT2D eigenvalue weighted by Crippen LogP contribution is -2.41. The number of aryl methyl sites for hydroxylation is 1. The highest BCUT2D eigenvalue weighted by atomic mass is 16.2. The number of benzene rings is 1. The maximum atomic E-state index is 12.7. The molecule has 3 rings (SSSR count). The predicted molar refractivity (Wildman–Crippen MR) is 94.9 cm³/mol. The van der Waals surface area contributed by atoms with E-state index in [1.807, 2.05) is 21.9 Å². The number of amides is 2. The molecule has 1 aliphatic carbocycles. The highest BCUT2D eigenvalue weighted by Crippen LogP contribution is 2.28. The topological polar surface area (TPSA) is 40.6 Å². The minimum atomic E-state index is 0.0935. The van der Waals surface area contributed by atoms with Gasteiger partial charge in [-0.2, -0.15) is 0 Å². The Morgan fingerprint density at radius 2 is 1.62 bits per heavy atom. The second-order valence-electron chi connectivity index (χ2n) is 7.05. The van der Waals surface area contributed by atoms with Crippen molar-refractivity contribution in [3.8, 4) is 0 Å². The quantitative estimate of drug-likeness (QED) is 0.852. The van der Waals surface area contributed by atoms with Crippen molar-refractivity contribution >= 4 is 11.8 Å². The standard InChI is InChI=1S/C20H28N2O2/c1-2-5-16-8-10-18(11-9-16)20(24)22-13-4-12-21(14-15-22)19(23)17-6-3-7-17/h8-11,17H,2-7,12-15H2,1H3. The van der Waals surface area contributed by atoms with Crippen molar-refractivity contribution in [3.63, 3.8) is 0 Å². The van der Waals surface area contributed by atoms with Gasteiger partial charge in [-0.15, -0.1) is 0 Å². The third-order valence-electron chi connectivity index (χ3n) is 5.29. The molecule has 0 atom stereocenters. The van der Waals surface area contributed by atoms with Gasteiger partial charge in [-0.1, -0.05) is 31.9 Å². The normalized spacial score (nSPS) is 18.9. The zero-order valence-corrected chi connectivity index (χ0v) is 14.7. The largest absolute Gasteiger partial charge is 0.341 e. The molecule has 1 aromatic rings. The van der Waals surface area contributed by atoms with Crippen LogP contribution in [0.2, 0.25) is 0 Å². The molecule has 1 aromatic carbocycles. The summed E-state index contributed by atoms with van der Waals surface area (Å²) in [4.78, 5) is 29.0. The molecule has 0 unspecified atom stereocenters. The molecule has 0 spiro atoms. The van der Waals surface area contributed by atoms with Gasteiger partial charge in [0.25, 0.3) is 5.91 Å². The van der Waals surface area contributed by atoms with Crippen molar-refractivity contribution in [2.24, 2.45) is 5.92 Å². The van der Waals surface area contributed by atoms with Crippen molar-refractivity contribution in [2.75, 3.05) is 26.2 Å². The van der Waals surface area contributed by atoms with Crippen LogP contribution in [0.1, 0.15) is 54.9 Å². The molecule has 130 valence electrons. The second kappa shape index (κ2) is 7.82. The average molecular weight is 328 g/mol. The van der Waals surface area contributed by atoms with Gasteiger partial charge in [0.1, 0.15) is 0 Å². The van der Waals surface area contributed by atoms with Crippen LogP contribution in [0, 0.1) is 5.92 Å². The van der Waals surface area contributed by atoms with E-state index in [1.165, 1.54) is 12.0 Å². The van der Waals surface area contributed by atoms with Crippen LogP contribution in [-0.2, 0) is 11.2 Å². The molecule has 1 heterocycles. The Hall–Kier alpha value is -1.84. The van der Waals surface area contributed by atoms with Crippen LogP contribution in [0.15, 0.2) is 24.3 Å². The van der Waals surface area contributed by atoms with Crippen molar-refractivity contribution in [1.29, 1.82) is 0 Å². The van der Waals surface area contributed by atoms with Crippen LogP contribution in [0.25, 0.3) is 0 Å². The summed E-state index contributed by atoms with van der Waals surface area (Å²) in [7, 11) is 0. The average Bonchev–Trinajstić information content (AvgIpc) is 2.79. The highest BCUT2D eigenvalue weighted by Gasteiger charge is 2.31. The van der Waals surface area contributed by atoms with Gasteiger partial charge in [0.2, 0.25) is 5.91 Å². The second-order valence-corrected chi connectivity index (χ2v) is 7.05. The molecule has 24 heavy (non-hydrogen) atoms. The predicted octanol–water partition coefficient (Wildman–Crippen LogP) is 3.11. The van der Waals surface area contributed by atoms with Gasteiger partial charge in [0, 0.05) is 37.7 Å². The van der Waals surface area contributed by atoms with E-state index in [4.69, 9.17) is 0 Å². The van der Waals surface area contributed by atoms with Crippen molar-refractivity contribution in [3.05, 3.63) is 35.4 Å². The lowest BCUT2D eigenvalue weighted by Gasteiger charge is -2.31. The third-order valence-corrected chi connectivity index (χ3v) is 5.29. The summed E-state index contributed by atoms with van der Waals surface area (Å²) in [6.07, 6.45) is 6.31. The molecule has 1 saturated carbocycles. The Balaban J connectivity index is 1.58. The van der Waals surface area contributed by atoms with E-state index in [-0.39, 0.29) is 11.8 Å². The maximum absolute atomic E-state index is 12.7. The lowest BCUT2D eigenvalue weighted by molar-refractivity contribution is -0.138. The van der Waals surface area contributed by atoms with Crippen LogP contribution in [0.5, 0.6) is 0 Å². The minimum absolute atomic E-state index is 0.0935. The van der Waals surface area contributed by atoms with E-state index < -0.39 is 0 Å². The molecule has 4 nitrogen and oxygen atoms in total. The van der Waals surface area contributed by atoms with Crippen molar-refractivity contribution < 1.29 is 9.59 Å². The number of nitrogens with zero attached hydrogens (tertiary/aromatic N) is 2. The first-order valence-corrected chi connectivity index (χ1v) is 9.36. The number of hydrogen-bond acceptors (Lipinski definition) is 2. The van der Waals surface area contributed by atoms with Gasteiger partial charge in [-0.25, -0.2) is 0 Å². The van der Waals surface area contributed by atoms with Crippen LogP contribution in [-0.4, -0.2) is 47.8 Å². The maximum Gasteiger partial charge on any atom is 0.253 e. The summed E-state index contributed by atoms with van der Waals surface area (Å²) in [6.45, 7) is 5.01. The van der Waals surface area contributed by atoms with Gasteiger partial charge in [-0.05, 0) is 43.4 Å². The van der Waals surface area contributed by atoms with Crippen LogP contribution < -0.4 is 0 Å². The van der Waals surface area contributed by atoms with Crippen molar-refractivity contribution in [2.45, 2.75) is 45.4 Å². The monoisotopic (exact) mass is 328 g/mol. The zero-order chi connectivity index (χ0) is 16.9. The number of hydrogen-bond donors (Lipinski definition) is 0. The van der Waals surface area contributed by atoms with E-state index in [9.17, 15) is 9.59 Å². The van der Waals surface area contributed by atoms with E-state index >= 15 is 0 Å². The fourth-order valence-corrected chi connectivity index (χ4v) is 3.54. The summed E-state index contributed by atoms with van der Waals surface area (Å²) in [5.41, 5.74) is 2.04. The molecule has 1 saturated heterocycles. The van der Waals surface area contributed by atoms with Gasteiger partial charge in [-0.3, -0.25) is 9.59 Å². The summed E-state index contributed by atoms with van der Waals surface area (Å²) in [5, 5.41) is 0. The summed E-state index contributed by atoms with van der Waals surface area (Å²) < 4.78 is 0. The molecule has 1 aliphatic heterocycles. The molecule has 0 aromatic heterocycles. The molecule has 0 bridgehead atoms. The smallest absolute Gasteiger partial charge is 0.253 e. The molecule has 2 aliphatic rings. The van der Waals surface area contributed by atoms with E-state index in [0.717, 1.165) is 50.8 Å². The molecule has 0 N–H and O–H groups in total. The van der Waals surface area contributed by atoms with Gasteiger partial charge in [0.15, 0.2) is 0 Å². The molecule has 2 fully saturated rings. The first-order valence-electron chi connectivity index (χ1n) is 9.36. The molecule has 4 heteroatoms. The molecule has 2 amide bonds. The van der Waals surface area contributed by atoms with E-state index in [0.29, 0.717) is 19.0 Å². The SMILES string of the molecule is CCCc1ccc(C(=O)N2CCCN(C(=O)C3CCC3)CC2)cc1. The lowest BCUT2D eigenvalue weighted by atomic mass is 9.84. The molecular weight excluding hydrogens is 300 g/mol. The molecular formula is C20H28N2O2. The Morgan fingerprint density at radius 3 is 2.25 bits per heavy atom. The Morgan fingerprint density at radius 1 is 0.958 bits per heavy atom. The fraction of sp³-hybridized carbons (Fsp3) is 0.600. The van der Waals surface area contributed by atoms with Gasteiger partial charge < -0.3 is 9.80 Å². The van der Waals surface area contributed by atoms with Gasteiger partial charge in [0.05, 0.1) is 0 Å². The first kappa shape index (κ1) is 17.0. The van der Waals surface area contributed by atoms with Crippen LogP contribution in [0.4, 0.5) is 0 Å². The first-order chi connectivity index (χ1) is 11.7. The van der Waals surface area contributed by atoms with E-state index in [2.05, 4.69) is 19.1 Å². The summed E-state index contributed by atoms with van der Waals surface area (Å²) in [5.74, 6) is 0.647. The van der Waals surface area contributed by atoms with E-state index in [1.54, 1.807) is 0 Å². The van der Waals surface area contributed by atoms with Crippen LogP contribution in [0.3, 0.4) is 0 Å². The summed E-state index contributed by atoms with van der Waals surface area (Å²) >= 11 is 0. The molecule has 0 radical (unpaired) electrons. The highest BCUT2D eigenvalue weighted by molar-refractivity contribution is 5.94.